The summed E-state index contributed by atoms with van der Waals surface area (Å²) in [5.74, 6) is 0.459. The molecular formula is C27H27N5O2S. The molecule has 3 aromatic carbocycles. The highest BCUT2D eigenvalue weighted by Gasteiger charge is 2.21. The van der Waals surface area contributed by atoms with Gasteiger partial charge in [-0.25, -0.2) is 0 Å². The second kappa shape index (κ2) is 11.0. The maximum atomic E-state index is 12.8. The Labute approximate surface area is 208 Å². The lowest BCUT2D eigenvalue weighted by molar-refractivity contribution is -0.113. The molecule has 0 aliphatic rings. The van der Waals surface area contributed by atoms with Crippen LogP contribution in [0.3, 0.4) is 0 Å². The molecule has 1 aromatic heterocycles. The van der Waals surface area contributed by atoms with E-state index < -0.39 is 0 Å². The smallest absolute Gasteiger partial charge is 0.252 e. The van der Waals surface area contributed by atoms with Crippen LogP contribution in [-0.4, -0.2) is 32.3 Å². The topological polar surface area (TPSA) is 88.9 Å². The second-order valence-electron chi connectivity index (χ2n) is 8.11. The Morgan fingerprint density at radius 2 is 1.80 bits per heavy atom. The number of aryl methyl sites for hydroxylation is 1. The highest BCUT2D eigenvalue weighted by atomic mass is 32.2. The number of carbonyl (C=O) groups excluding carboxylic acids is 2. The number of hydrogen-bond acceptors (Lipinski definition) is 5. The highest BCUT2D eigenvalue weighted by molar-refractivity contribution is 7.99. The first-order chi connectivity index (χ1) is 17.0. The van der Waals surface area contributed by atoms with Crippen molar-refractivity contribution in [2.75, 3.05) is 11.1 Å². The molecule has 4 aromatic rings. The minimum Gasteiger partial charge on any atom is -0.342 e. The number of thioether (sulfide) groups is 1. The van der Waals surface area contributed by atoms with Crippen molar-refractivity contribution in [3.63, 3.8) is 0 Å². The van der Waals surface area contributed by atoms with Gasteiger partial charge in [-0.2, -0.15) is 0 Å². The number of benzene rings is 3. The van der Waals surface area contributed by atoms with Crippen LogP contribution in [0.4, 0.5) is 5.69 Å². The van der Waals surface area contributed by atoms with Crippen LogP contribution in [0.15, 0.2) is 84.5 Å². The monoisotopic (exact) mass is 485 g/mol. The zero-order valence-electron chi connectivity index (χ0n) is 19.7. The molecule has 8 heteroatoms. The van der Waals surface area contributed by atoms with E-state index >= 15 is 0 Å². The fourth-order valence-electron chi connectivity index (χ4n) is 3.85. The molecule has 0 aliphatic heterocycles. The molecule has 0 saturated carbocycles. The van der Waals surface area contributed by atoms with E-state index in [9.17, 15) is 9.59 Å². The molecule has 1 unspecified atom stereocenters. The van der Waals surface area contributed by atoms with Crippen molar-refractivity contribution >= 4 is 40.0 Å². The van der Waals surface area contributed by atoms with E-state index in [2.05, 4.69) is 27.4 Å². The Bertz CT molecular complexity index is 1380. The number of aromatic nitrogens is 3. The van der Waals surface area contributed by atoms with Gasteiger partial charge < -0.3 is 15.2 Å². The van der Waals surface area contributed by atoms with Crippen molar-refractivity contribution < 1.29 is 9.59 Å². The summed E-state index contributed by atoms with van der Waals surface area (Å²) in [5.41, 5.74) is 2.29. The van der Waals surface area contributed by atoms with Crippen LogP contribution >= 0.6 is 11.8 Å². The number of anilines is 1. The Hall–Kier alpha value is -3.91. The van der Waals surface area contributed by atoms with Crippen LogP contribution in [0.2, 0.25) is 0 Å². The van der Waals surface area contributed by atoms with Gasteiger partial charge in [0.2, 0.25) is 5.91 Å². The van der Waals surface area contributed by atoms with Crippen LogP contribution in [0, 0.1) is 6.92 Å². The summed E-state index contributed by atoms with van der Waals surface area (Å²) in [6.45, 7) is 8.05. The Morgan fingerprint density at radius 3 is 2.60 bits per heavy atom. The highest BCUT2D eigenvalue weighted by Crippen LogP contribution is 2.25. The Kier molecular flexibility index (Phi) is 7.62. The maximum Gasteiger partial charge on any atom is 0.252 e. The summed E-state index contributed by atoms with van der Waals surface area (Å²) < 4.78 is 1.87. The largest absolute Gasteiger partial charge is 0.342 e. The quantitative estimate of drug-likeness (QED) is 0.253. The molecule has 1 heterocycles. The van der Waals surface area contributed by atoms with Gasteiger partial charge in [-0.05, 0) is 36.9 Å². The third-order valence-corrected chi connectivity index (χ3v) is 6.54. The summed E-state index contributed by atoms with van der Waals surface area (Å²) in [6.07, 6.45) is 1.74. The van der Waals surface area contributed by atoms with Crippen LogP contribution in [-0.2, 0) is 11.3 Å². The fraction of sp³-hybridized carbons (Fsp3) is 0.185. The number of nitrogens with one attached hydrogen (secondary N) is 2. The Balaban J connectivity index is 1.44. The average Bonchev–Trinajstić information content (AvgIpc) is 3.26. The Morgan fingerprint density at radius 1 is 1.06 bits per heavy atom. The van der Waals surface area contributed by atoms with E-state index in [1.54, 1.807) is 12.1 Å². The number of amides is 2. The SMILES string of the molecule is C=CCn1c(SCC(=O)Nc2cccc3ccccc23)nnc1C(C)NC(=O)c1ccccc1C. The number of fused-ring (bicyclic) bond motifs is 1. The number of rotatable bonds is 9. The first kappa shape index (κ1) is 24.2. The van der Waals surface area contributed by atoms with Crippen LogP contribution in [0.25, 0.3) is 10.8 Å². The predicted octanol–water partition coefficient (Wildman–Crippen LogP) is 5.15. The first-order valence-electron chi connectivity index (χ1n) is 11.3. The number of carbonyl (C=O) groups is 2. The molecule has 35 heavy (non-hydrogen) atoms. The van der Waals surface area contributed by atoms with Crippen molar-refractivity contribution in [2.45, 2.75) is 31.6 Å². The molecule has 0 bridgehead atoms. The third kappa shape index (κ3) is 5.60. The van der Waals surface area contributed by atoms with Gasteiger partial charge in [-0.15, -0.1) is 16.8 Å². The van der Waals surface area contributed by atoms with Crippen LogP contribution in [0.1, 0.15) is 34.7 Å². The van der Waals surface area contributed by atoms with Gasteiger partial charge in [0.15, 0.2) is 11.0 Å². The molecule has 0 fully saturated rings. The molecule has 2 N–H and O–H groups in total. The summed E-state index contributed by atoms with van der Waals surface area (Å²) in [6, 6.07) is 20.8. The zero-order chi connectivity index (χ0) is 24.8. The second-order valence-corrected chi connectivity index (χ2v) is 9.06. The molecule has 2 amide bonds. The zero-order valence-corrected chi connectivity index (χ0v) is 20.5. The van der Waals surface area contributed by atoms with Gasteiger partial charge in [0.1, 0.15) is 0 Å². The van der Waals surface area contributed by atoms with Crippen molar-refractivity contribution in [1.82, 2.24) is 20.1 Å². The first-order valence-corrected chi connectivity index (χ1v) is 12.3. The van der Waals surface area contributed by atoms with E-state index in [-0.39, 0.29) is 23.6 Å². The molecule has 0 saturated heterocycles. The van der Waals surface area contributed by atoms with Crippen LogP contribution < -0.4 is 10.6 Å². The molecule has 0 radical (unpaired) electrons. The van der Waals surface area contributed by atoms with Gasteiger partial charge >= 0.3 is 0 Å². The van der Waals surface area contributed by atoms with Gasteiger partial charge in [-0.1, -0.05) is 72.4 Å². The van der Waals surface area contributed by atoms with E-state index in [0.29, 0.717) is 23.1 Å². The number of nitrogens with zero attached hydrogens (tertiary/aromatic N) is 3. The molecule has 178 valence electrons. The normalized spacial score (nSPS) is 11.7. The minimum absolute atomic E-state index is 0.137. The van der Waals surface area contributed by atoms with E-state index in [1.165, 1.54) is 11.8 Å². The van der Waals surface area contributed by atoms with Crippen molar-refractivity contribution in [2.24, 2.45) is 0 Å². The summed E-state index contributed by atoms with van der Waals surface area (Å²) in [7, 11) is 0. The lowest BCUT2D eigenvalue weighted by Gasteiger charge is -2.16. The van der Waals surface area contributed by atoms with Gasteiger partial charge in [-0.3, -0.25) is 9.59 Å². The van der Waals surface area contributed by atoms with E-state index in [4.69, 9.17) is 0 Å². The lowest BCUT2D eigenvalue weighted by atomic mass is 10.1. The van der Waals surface area contributed by atoms with Crippen molar-refractivity contribution in [3.05, 3.63) is 96.3 Å². The number of hydrogen-bond donors (Lipinski definition) is 2. The van der Waals surface area contributed by atoms with Crippen molar-refractivity contribution in [3.8, 4) is 0 Å². The summed E-state index contributed by atoms with van der Waals surface area (Å²) in [5, 5.41) is 17.2. The molecule has 7 nitrogen and oxygen atoms in total. The van der Waals surface area contributed by atoms with Gasteiger partial charge in [0.05, 0.1) is 11.8 Å². The molecule has 0 spiro atoms. The van der Waals surface area contributed by atoms with Crippen LogP contribution in [0.5, 0.6) is 0 Å². The standard InChI is InChI=1S/C27H27N5O2S/c1-4-16-32-25(19(3)28-26(34)21-13-7-5-10-18(21)2)30-31-27(32)35-17-24(33)29-23-15-9-12-20-11-6-8-14-22(20)23/h4-15,19H,1,16-17H2,2-3H3,(H,28,34)(H,29,33). The summed E-state index contributed by atoms with van der Waals surface area (Å²) in [4.78, 5) is 25.5. The summed E-state index contributed by atoms with van der Waals surface area (Å²) >= 11 is 1.29. The molecular weight excluding hydrogens is 458 g/mol. The lowest BCUT2D eigenvalue weighted by Crippen LogP contribution is -2.29. The van der Waals surface area contributed by atoms with E-state index in [0.717, 1.165) is 22.0 Å². The minimum atomic E-state index is -0.381. The fourth-order valence-corrected chi connectivity index (χ4v) is 4.60. The predicted molar refractivity (Wildman–Crippen MR) is 141 cm³/mol. The average molecular weight is 486 g/mol. The molecule has 4 rings (SSSR count). The van der Waals surface area contributed by atoms with Gasteiger partial charge in [0, 0.05) is 23.2 Å². The molecule has 0 aliphatic carbocycles. The number of allylic oxidation sites excluding steroid dienone is 1. The van der Waals surface area contributed by atoms with Gasteiger partial charge in [0.25, 0.3) is 5.91 Å². The van der Waals surface area contributed by atoms with Crippen molar-refractivity contribution in [1.29, 1.82) is 0 Å². The maximum absolute atomic E-state index is 12.8. The third-order valence-electron chi connectivity index (χ3n) is 5.58. The molecule has 1 atom stereocenters. The van der Waals surface area contributed by atoms with E-state index in [1.807, 2.05) is 79.1 Å².